The highest BCUT2D eigenvalue weighted by Crippen LogP contribution is 2.30. The number of primary amides is 1. The molecule has 1 heterocycles. The molecule has 5 nitrogen and oxygen atoms in total. The van der Waals surface area contributed by atoms with E-state index in [9.17, 15) is 13.2 Å². The van der Waals surface area contributed by atoms with Gasteiger partial charge in [-0.1, -0.05) is 30.3 Å². The Bertz CT molecular complexity index is 690. The predicted octanol–water partition coefficient (Wildman–Crippen LogP) is 1.31. The van der Waals surface area contributed by atoms with E-state index >= 15 is 0 Å². The molecule has 7 heteroatoms. The Morgan fingerprint density at radius 3 is 2.33 bits per heavy atom. The lowest BCUT2D eigenvalue weighted by Crippen LogP contribution is -2.15. The summed E-state index contributed by atoms with van der Waals surface area (Å²) in [4.78, 5) is 15.2. The molecule has 0 aliphatic heterocycles. The maximum Gasteiger partial charge on any atom is 0.269 e. The van der Waals surface area contributed by atoms with Gasteiger partial charge >= 0.3 is 0 Å². The van der Waals surface area contributed by atoms with Crippen LogP contribution in [0.15, 0.2) is 34.5 Å². The van der Waals surface area contributed by atoms with Gasteiger partial charge in [-0.25, -0.2) is 13.4 Å². The third-order valence-corrected chi connectivity index (χ3v) is 5.11. The molecule has 0 fully saturated rings. The second-order valence-corrected chi connectivity index (χ2v) is 6.87. The summed E-state index contributed by atoms with van der Waals surface area (Å²) in [6, 6.07) is 9.02. The van der Waals surface area contributed by atoms with Gasteiger partial charge in [0.25, 0.3) is 5.91 Å². The number of sulfone groups is 1. The molecule has 2 aromatic rings. The van der Waals surface area contributed by atoms with Crippen molar-refractivity contribution in [3.63, 3.8) is 0 Å². The van der Waals surface area contributed by atoms with Crippen LogP contribution in [0.1, 0.15) is 10.5 Å². The van der Waals surface area contributed by atoms with E-state index in [4.69, 9.17) is 5.73 Å². The molecular formula is C11H10N2O3S2. The lowest BCUT2D eigenvalue weighted by Gasteiger charge is -1.93. The average molecular weight is 282 g/mol. The number of benzene rings is 1. The summed E-state index contributed by atoms with van der Waals surface area (Å²) in [5.41, 5.74) is 5.70. The van der Waals surface area contributed by atoms with Gasteiger partial charge in [-0.3, -0.25) is 4.79 Å². The van der Waals surface area contributed by atoms with Crippen LogP contribution >= 0.6 is 11.3 Å². The normalized spacial score (nSPS) is 11.4. The summed E-state index contributed by atoms with van der Waals surface area (Å²) in [6.07, 6.45) is 1.03. The van der Waals surface area contributed by atoms with Gasteiger partial charge in [-0.2, -0.15) is 0 Å². The lowest BCUT2D eigenvalue weighted by atomic mass is 10.2. The molecule has 1 aromatic carbocycles. The van der Waals surface area contributed by atoms with Crippen molar-refractivity contribution < 1.29 is 13.2 Å². The van der Waals surface area contributed by atoms with Crippen LogP contribution in [0, 0.1) is 0 Å². The van der Waals surface area contributed by atoms with E-state index < -0.39 is 15.7 Å². The molecule has 0 saturated carbocycles. The largest absolute Gasteiger partial charge is 0.364 e. The van der Waals surface area contributed by atoms with Crippen molar-refractivity contribution in [1.29, 1.82) is 0 Å². The fourth-order valence-electron chi connectivity index (χ4n) is 1.42. The number of nitrogens with two attached hydrogens (primary N) is 1. The van der Waals surface area contributed by atoms with E-state index in [1.54, 1.807) is 24.3 Å². The number of hydrogen-bond donors (Lipinski definition) is 1. The predicted molar refractivity (Wildman–Crippen MR) is 69.2 cm³/mol. The van der Waals surface area contributed by atoms with Gasteiger partial charge in [0, 0.05) is 11.8 Å². The molecule has 0 saturated heterocycles. The molecule has 0 atom stereocenters. The first-order valence-corrected chi connectivity index (χ1v) is 7.66. The number of thiazole rings is 1. The van der Waals surface area contributed by atoms with Gasteiger partial charge in [0.05, 0.1) is 0 Å². The van der Waals surface area contributed by atoms with E-state index in [0.29, 0.717) is 5.01 Å². The van der Waals surface area contributed by atoms with Crippen LogP contribution < -0.4 is 5.73 Å². The van der Waals surface area contributed by atoms with E-state index in [-0.39, 0.29) is 9.90 Å². The van der Waals surface area contributed by atoms with Crippen molar-refractivity contribution in [2.75, 3.05) is 6.26 Å². The monoisotopic (exact) mass is 282 g/mol. The molecule has 94 valence electrons. The SMILES string of the molecule is CS(=O)(=O)c1sc(-c2ccccc2)nc1C(N)=O. The Hall–Kier alpha value is -1.73. The summed E-state index contributed by atoms with van der Waals surface area (Å²) in [7, 11) is -3.51. The summed E-state index contributed by atoms with van der Waals surface area (Å²) in [5, 5.41) is 0.463. The molecule has 1 aromatic heterocycles. The van der Waals surface area contributed by atoms with Gasteiger partial charge in [-0.15, -0.1) is 11.3 Å². The quantitative estimate of drug-likeness (QED) is 0.919. The van der Waals surface area contributed by atoms with Crippen LogP contribution in [-0.4, -0.2) is 25.6 Å². The summed E-state index contributed by atoms with van der Waals surface area (Å²) >= 11 is 0.948. The molecule has 2 N–H and O–H groups in total. The number of carbonyl (C=O) groups excluding carboxylic acids is 1. The second-order valence-electron chi connectivity index (χ2n) is 3.66. The highest BCUT2D eigenvalue weighted by molar-refractivity contribution is 7.92. The smallest absolute Gasteiger partial charge is 0.269 e. The number of rotatable bonds is 3. The molecule has 2 rings (SSSR count). The zero-order valence-corrected chi connectivity index (χ0v) is 11.1. The first-order valence-electron chi connectivity index (χ1n) is 4.95. The highest BCUT2D eigenvalue weighted by Gasteiger charge is 2.23. The molecule has 18 heavy (non-hydrogen) atoms. The molecule has 0 unspecified atom stereocenters. The van der Waals surface area contributed by atoms with Crippen LogP contribution in [0.25, 0.3) is 10.6 Å². The van der Waals surface area contributed by atoms with Gasteiger partial charge in [0.1, 0.15) is 5.01 Å². The first kappa shape index (κ1) is 12.7. The fourth-order valence-corrected chi connectivity index (χ4v) is 3.57. The minimum Gasteiger partial charge on any atom is -0.364 e. The molecular weight excluding hydrogens is 272 g/mol. The summed E-state index contributed by atoms with van der Waals surface area (Å²) < 4.78 is 23.0. The van der Waals surface area contributed by atoms with E-state index in [2.05, 4.69) is 4.98 Å². The maximum atomic E-state index is 11.6. The average Bonchev–Trinajstić information content (AvgIpc) is 2.74. The fraction of sp³-hybridized carbons (Fsp3) is 0.0909. The van der Waals surface area contributed by atoms with E-state index in [1.807, 2.05) is 6.07 Å². The number of aromatic nitrogens is 1. The second kappa shape index (κ2) is 4.51. The van der Waals surface area contributed by atoms with Crippen LogP contribution in [0.3, 0.4) is 0 Å². The van der Waals surface area contributed by atoms with Crippen LogP contribution in [0.4, 0.5) is 0 Å². The Kier molecular flexibility index (Phi) is 3.18. The lowest BCUT2D eigenvalue weighted by molar-refractivity contribution is 0.0993. The number of amides is 1. The Morgan fingerprint density at radius 1 is 1.28 bits per heavy atom. The Morgan fingerprint density at radius 2 is 1.89 bits per heavy atom. The number of nitrogens with zero attached hydrogens (tertiary/aromatic N) is 1. The van der Waals surface area contributed by atoms with Gasteiger partial charge in [0.15, 0.2) is 19.7 Å². The zero-order valence-electron chi connectivity index (χ0n) is 9.45. The molecule has 0 aliphatic carbocycles. The highest BCUT2D eigenvalue weighted by atomic mass is 32.2. The van der Waals surface area contributed by atoms with Crippen molar-refractivity contribution in [2.24, 2.45) is 5.73 Å². The van der Waals surface area contributed by atoms with Gasteiger partial charge in [-0.05, 0) is 0 Å². The van der Waals surface area contributed by atoms with E-state index in [1.165, 1.54) is 0 Å². The Balaban J connectivity index is 2.64. The van der Waals surface area contributed by atoms with Gasteiger partial charge < -0.3 is 5.73 Å². The summed E-state index contributed by atoms with van der Waals surface area (Å²) in [6.45, 7) is 0. The van der Waals surface area contributed by atoms with E-state index in [0.717, 1.165) is 23.2 Å². The minimum atomic E-state index is -3.51. The molecule has 1 amide bonds. The third kappa shape index (κ3) is 2.41. The minimum absolute atomic E-state index is 0.0890. The Labute approximate surface area is 108 Å². The standard InChI is InChI=1S/C11H10N2O3S2/c1-18(15,16)11-8(9(12)14)13-10(17-11)7-5-3-2-4-6-7/h2-6H,1H3,(H2,12,14). The molecule has 0 aliphatic rings. The van der Waals surface area contributed by atoms with Gasteiger partial charge in [0.2, 0.25) is 0 Å². The first-order chi connectivity index (χ1) is 8.39. The van der Waals surface area contributed by atoms with Crippen molar-refractivity contribution in [3.05, 3.63) is 36.0 Å². The van der Waals surface area contributed by atoms with Crippen molar-refractivity contribution in [2.45, 2.75) is 4.21 Å². The number of carbonyl (C=O) groups is 1. The zero-order chi connectivity index (χ0) is 13.3. The van der Waals surface area contributed by atoms with Crippen LogP contribution in [0.2, 0.25) is 0 Å². The number of hydrogen-bond acceptors (Lipinski definition) is 5. The van der Waals surface area contributed by atoms with Crippen LogP contribution in [-0.2, 0) is 9.84 Å². The summed E-state index contributed by atoms with van der Waals surface area (Å²) in [5.74, 6) is -0.839. The molecule has 0 bridgehead atoms. The van der Waals surface area contributed by atoms with Crippen molar-refractivity contribution >= 4 is 27.1 Å². The third-order valence-electron chi connectivity index (χ3n) is 2.19. The maximum absolute atomic E-state index is 11.6. The van der Waals surface area contributed by atoms with Crippen LogP contribution in [0.5, 0.6) is 0 Å². The topological polar surface area (TPSA) is 90.1 Å². The molecule has 0 radical (unpaired) electrons. The van der Waals surface area contributed by atoms with Crippen molar-refractivity contribution in [3.8, 4) is 10.6 Å². The van der Waals surface area contributed by atoms with Crippen molar-refractivity contribution in [1.82, 2.24) is 4.98 Å². The molecule has 0 spiro atoms.